The summed E-state index contributed by atoms with van der Waals surface area (Å²) in [6, 6.07) is 4.35. The molecule has 2 aliphatic heterocycles. The van der Waals surface area contributed by atoms with E-state index >= 15 is 0 Å². The summed E-state index contributed by atoms with van der Waals surface area (Å²) in [7, 11) is 0. The lowest BCUT2D eigenvalue weighted by Gasteiger charge is -2.40. The van der Waals surface area contributed by atoms with E-state index in [0.717, 1.165) is 67.0 Å². The van der Waals surface area contributed by atoms with Crippen LogP contribution in [-0.2, 0) is 0 Å². The van der Waals surface area contributed by atoms with Gasteiger partial charge in [0, 0.05) is 18.7 Å². The number of unbranched alkanes of at least 4 members (excludes halogenated alkanes) is 2. The number of piperidine rings is 1. The predicted molar refractivity (Wildman–Crippen MR) is 111 cm³/mol. The molecular formula is C22H31N3O3. The Morgan fingerprint density at radius 3 is 2.36 bits per heavy atom. The highest BCUT2D eigenvalue weighted by molar-refractivity contribution is 5.82. The van der Waals surface area contributed by atoms with Crippen molar-refractivity contribution in [3.8, 4) is 17.4 Å². The molecule has 1 aromatic heterocycles. The second kappa shape index (κ2) is 8.84. The van der Waals surface area contributed by atoms with E-state index in [-0.39, 0.29) is 0 Å². The second-order valence-corrected chi connectivity index (χ2v) is 7.70. The number of rotatable bonds is 8. The largest absolute Gasteiger partial charge is 0.490 e. The number of fused-ring (bicyclic) bond motifs is 4. The third-order valence-corrected chi connectivity index (χ3v) is 5.50. The highest BCUT2D eigenvalue weighted by Gasteiger charge is 2.32. The van der Waals surface area contributed by atoms with Crippen LogP contribution in [0.25, 0.3) is 11.0 Å². The molecule has 0 aliphatic carbocycles. The summed E-state index contributed by atoms with van der Waals surface area (Å²) >= 11 is 0. The molecule has 0 amide bonds. The van der Waals surface area contributed by atoms with Crippen LogP contribution < -0.4 is 19.1 Å². The van der Waals surface area contributed by atoms with Crippen LogP contribution in [-0.4, -0.2) is 42.4 Å². The molecule has 3 heterocycles. The minimum Gasteiger partial charge on any atom is -0.490 e. The highest BCUT2D eigenvalue weighted by atomic mass is 16.5. The molecule has 1 atom stereocenters. The summed E-state index contributed by atoms with van der Waals surface area (Å²) < 4.78 is 18.0. The Balaban J connectivity index is 1.68. The van der Waals surface area contributed by atoms with Crippen molar-refractivity contribution >= 4 is 16.9 Å². The first-order valence-corrected chi connectivity index (χ1v) is 10.8. The molecule has 0 spiro atoms. The van der Waals surface area contributed by atoms with Crippen LogP contribution in [0, 0.1) is 0 Å². The number of hydrogen-bond acceptors (Lipinski definition) is 6. The van der Waals surface area contributed by atoms with E-state index in [1.807, 2.05) is 12.1 Å². The number of benzene rings is 1. The Morgan fingerprint density at radius 2 is 1.68 bits per heavy atom. The van der Waals surface area contributed by atoms with E-state index in [9.17, 15) is 0 Å². The van der Waals surface area contributed by atoms with Crippen molar-refractivity contribution in [1.82, 2.24) is 9.97 Å². The average molecular weight is 386 g/mol. The van der Waals surface area contributed by atoms with Crippen LogP contribution in [0.2, 0.25) is 0 Å². The summed E-state index contributed by atoms with van der Waals surface area (Å²) in [6.45, 7) is 7.41. The molecule has 152 valence electrons. The fraction of sp³-hybridized carbons (Fsp3) is 0.636. The van der Waals surface area contributed by atoms with E-state index in [0.29, 0.717) is 31.7 Å². The van der Waals surface area contributed by atoms with Gasteiger partial charge in [0.1, 0.15) is 6.61 Å². The molecule has 28 heavy (non-hydrogen) atoms. The molecule has 2 aromatic rings. The molecule has 6 heteroatoms. The maximum atomic E-state index is 6.03. The third kappa shape index (κ3) is 3.96. The number of nitrogens with zero attached hydrogens (tertiary/aromatic N) is 3. The molecule has 1 saturated heterocycles. The molecule has 0 bridgehead atoms. The first-order valence-electron chi connectivity index (χ1n) is 10.8. The van der Waals surface area contributed by atoms with Gasteiger partial charge in [-0.25, -0.2) is 9.97 Å². The quantitative estimate of drug-likeness (QED) is 0.612. The van der Waals surface area contributed by atoms with Gasteiger partial charge in [0.25, 0.3) is 5.88 Å². The molecule has 0 saturated carbocycles. The Hall–Kier alpha value is -2.24. The summed E-state index contributed by atoms with van der Waals surface area (Å²) in [5.41, 5.74) is 1.63. The number of anilines is 1. The molecule has 6 nitrogen and oxygen atoms in total. The SMILES string of the molecule is CCCCOc1cc2nc3c(nc2cc1OCCCC)N1CCCCC1CO3. The number of aromatic nitrogens is 2. The van der Waals surface area contributed by atoms with Gasteiger partial charge in [0.2, 0.25) is 0 Å². The Morgan fingerprint density at radius 1 is 1.00 bits per heavy atom. The van der Waals surface area contributed by atoms with Gasteiger partial charge in [-0.05, 0) is 32.1 Å². The molecule has 0 radical (unpaired) electrons. The van der Waals surface area contributed by atoms with Gasteiger partial charge < -0.3 is 19.1 Å². The molecular weight excluding hydrogens is 354 g/mol. The van der Waals surface area contributed by atoms with Gasteiger partial charge in [-0.15, -0.1) is 0 Å². The van der Waals surface area contributed by atoms with Gasteiger partial charge in [-0.2, -0.15) is 0 Å². The lowest BCUT2D eigenvalue weighted by Crippen LogP contribution is -2.46. The van der Waals surface area contributed by atoms with Crippen molar-refractivity contribution < 1.29 is 14.2 Å². The van der Waals surface area contributed by atoms with Gasteiger partial charge >= 0.3 is 0 Å². The van der Waals surface area contributed by atoms with Crippen molar-refractivity contribution in [1.29, 1.82) is 0 Å². The van der Waals surface area contributed by atoms with Gasteiger partial charge in [-0.3, -0.25) is 0 Å². The highest BCUT2D eigenvalue weighted by Crippen LogP contribution is 2.38. The maximum absolute atomic E-state index is 6.03. The third-order valence-electron chi connectivity index (χ3n) is 5.50. The molecule has 1 unspecified atom stereocenters. The summed E-state index contributed by atoms with van der Waals surface area (Å²) in [5.74, 6) is 3.03. The van der Waals surface area contributed by atoms with Crippen LogP contribution in [0.3, 0.4) is 0 Å². The minimum absolute atomic E-state index is 0.421. The zero-order valence-electron chi connectivity index (χ0n) is 17.1. The van der Waals surface area contributed by atoms with Crippen molar-refractivity contribution in [3.63, 3.8) is 0 Å². The van der Waals surface area contributed by atoms with Crippen molar-refractivity contribution in [3.05, 3.63) is 12.1 Å². The maximum Gasteiger partial charge on any atom is 0.258 e. The summed E-state index contributed by atoms with van der Waals surface area (Å²) in [6.07, 6.45) is 7.85. The Labute approximate surface area is 167 Å². The topological polar surface area (TPSA) is 56.7 Å². The predicted octanol–water partition coefficient (Wildman–Crippen LogP) is 4.74. The van der Waals surface area contributed by atoms with Gasteiger partial charge in [0.05, 0.1) is 30.3 Å². The van der Waals surface area contributed by atoms with Gasteiger partial charge in [-0.1, -0.05) is 26.7 Å². The van der Waals surface area contributed by atoms with E-state index in [4.69, 9.17) is 24.2 Å². The molecule has 1 fully saturated rings. The fourth-order valence-electron chi connectivity index (χ4n) is 3.83. The van der Waals surface area contributed by atoms with Crippen LogP contribution >= 0.6 is 0 Å². The van der Waals surface area contributed by atoms with Crippen LogP contribution in [0.1, 0.15) is 58.8 Å². The minimum atomic E-state index is 0.421. The molecule has 0 N–H and O–H groups in total. The molecule has 4 rings (SSSR count). The van der Waals surface area contributed by atoms with Crippen LogP contribution in [0.4, 0.5) is 5.82 Å². The number of hydrogen-bond donors (Lipinski definition) is 0. The van der Waals surface area contributed by atoms with Crippen molar-refractivity contribution in [2.45, 2.75) is 64.8 Å². The first-order chi connectivity index (χ1) is 13.8. The van der Waals surface area contributed by atoms with E-state index in [2.05, 4.69) is 18.7 Å². The lowest BCUT2D eigenvalue weighted by atomic mass is 10.0. The van der Waals surface area contributed by atoms with E-state index in [1.165, 1.54) is 12.8 Å². The fourth-order valence-corrected chi connectivity index (χ4v) is 3.83. The zero-order chi connectivity index (χ0) is 19.3. The Kier molecular flexibility index (Phi) is 6.03. The monoisotopic (exact) mass is 385 g/mol. The normalized spacial score (nSPS) is 18.4. The molecule has 2 aliphatic rings. The molecule has 1 aromatic carbocycles. The average Bonchev–Trinajstić information content (AvgIpc) is 2.73. The number of ether oxygens (including phenoxy) is 3. The van der Waals surface area contributed by atoms with E-state index in [1.54, 1.807) is 0 Å². The van der Waals surface area contributed by atoms with Crippen molar-refractivity contribution in [2.75, 3.05) is 31.3 Å². The van der Waals surface area contributed by atoms with Crippen molar-refractivity contribution in [2.24, 2.45) is 0 Å². The smallest absolute Gasteiger partial charge is 0.258 e. The van der Waals surface area contributed by atoms with Crippen LogP contribution in [0.15, 0.2) is 12.1 Å². The standard InChI is InChI=1S/C22H31N3O3/c1-3-5-11-26-19-13-17-18(14-20(19)27-12-6-4-2)24-22-21(23-17)25-10-8-7-9-16(25)15-28-22/h13-14,16H,3-12,15H2,1-2H3. The summed E-state index contributed by atoms with van der Waals surface area (Å²) in [4.78, 5) is 12.1. The zero-order valence-corrected chi connectivity index (χ0v) is 17.1. The van der Waals surface area contributed by atoms with Crippen LogP contribution in [0.5, 0.6) is 17.4 Å². The summed E-state index contributed by atoms with van der Waals surface area (Å²) in [5, 5.41) is 0. The second-order valence-electron chi connectivity index (χ2n) is 7.70. The lowest BCUT2D eigenvalue weighted by molar-refractivity contribution is 0.230. The first kappa shape index (κ1) is 19.1. The Bertz CT molecular complexity index is 811. The van der Waals surface area contributed by atoms with Gasteiger partial charge in [0.15, 0.2) is 17.3 Å². The van der Waals surface area contributed by atoms with E-state index < -0.39 is 0 Å².